The number of hydrogen-bond acceptors (Lipinski definition) is 6. The number of aliphatic hydroxyl groups excluding tert-OH is 1. The van der Waals surface area contributed by atoms with E-state index in [-0.39, 0.29) is 5.56 Å². The molecule has 1 rings (SSSR count). The molecule has 1 aromatic rings. The van der Waals surface area contributed by atoms with E-state index in [1.165, 1.54) is 81.7 Å². The predicted molar refractivity (Wildman–Crippen MR) is 127 cm³/mol. The zero-order valence-corrected chi connectivity index (χ0v) is 19.3. The SMILES string of the molecule is CCCCCCCCCCCCC/C=C/[C@@H](O)[C@@H](N)C(O)(C(=O)c1ccccc1)[N+](=O)[O-]. The van der Waals surface area contributed by atoms with Crippen molar-refractivity contribution < 1.29 is 19.9 Å². The van der Waals surface area contributed by atoms with Gasteiger partial charge in [-0.2, -0.15) is 0 Å². The van der Waals surface area contributed by atoms with Gasteiger partial charge in [0.25, 0.3) is 5.78 Å². The van der Waals surface area contributed by atoms with Crippen LogP contribution in [0.25, 0.3) is 0 Å². The van der Waals surface area contributed by atoms with Crippen LogP contribution in [0.4, 0.5) is 0 Å². The number of nitrogens with zero attached hydrogens (tertiary/aromatic N) is 1. The molecular formula is C25H40N2O5. The van der Waals surface area contributed by atoms with Crippen molar-refractivity contribution in [2.45, 2.75) is 102 Å². The zero-order chi connectivity index (χ0) is 23.8. The van der Waals surface area contributed by atoms with Gasteiger partial charge in [-0.05, 0) is 12.8 Å². The average Bonchev–Trinajstić information content (AvgIpc) is 2.80. The Labute approximate surface area is 191 Å². The summed E-state index contributed by atoms with van der Waals surface area (Å²) < 4.78 is 0. The van der Waals surface area contributed by atoms with Crippen molar-refractivity contribution in [3.8, 4) is 0 Å². The van der Waals surface area contributed by atoms with Gasteiger partial charge < -0.3 is 15.9 Å². The van der Waals surface area contributed by atoms with Crippen LogP contribution < -0.4 is 5.73 Å². The Morgan fingerprint density at radius 1 is 1.03 bits per heavy atom. The van der Waals surface area contributed by atoms with Crippen molar-refractivity contribution in [1.82, 2.24) is 0 Å². The fraction of sp³-hybridized carbons (Fsp3) is 0.640. The fourth-order valence-corrected chi connectivity index (χ4v) is 3.68. The first-order valence-corrected chi connectivity index (χ1v) is 11.9. The maximum atomic E-state index is 12.5. The zero-order valence-electron chi connectivity index (χ0n) is 19.3. The van der Waals surface area contributed by atoms with E-state index in [9.17, 15) is 25.1 Å². The van der Waals surface area contributed by atoms with E-state index < -0.39 is 28.6 Å². The Kier molecular flexibility index (Phi) is 13.7. The molecule has 0 fully saturated rings. The molecule has 1 unspecified atom stereocenters. The highest BCUT2D eigenvalue weighted by Gasteiger charge is 2.57. The first-order valence-electron chi connectivity index (χ1n) is 11.9. The minimum absolute atomic E-state index is 0.0423. The highest BCUT2D eigenvalue weighted by atomic mass is 16.7. The molecular weight excluding hydrogens is 408 g/mol. The molecule has 0 saturated carbocycles. The van der Waals surface area contributed by atoms with Crippen LogP contribution in [0.3, 0.4) is 0 Å². The number of carbonyl (C=O) groups is 1. The Bertz CT molecular complexity index is 695. The monoisotopic (exact) mass is 448 g/mol. The van der Waals surface area contributed by atoms with E-state index in [4.69, 9.17) is 5.73 Å². The predicted octanol–water partition coefficient (Wildman–Crippen LogP) is 4.78. The van der Waals surface area contributed by atoms with Crippen LogP contribution in [-0.2, 0) is 0 Å². The molecule has 0 aliphatic heterocycles. The van der Waals surface area contributed by atoms with Gasteiger partial charge in [-0.1, -0.05) is 114 Å². The van der Waals surface area contributed by atoms with E-state index in [0.717, 1.165) is 19.3 Å². The third-order valence-corrected chi connectivity index (χ3v) is 5.79. The minimum atomic E-state index is -3.11. The van der Waals surface area contributed by atoms with Gasteiger partial charge in [0.05, 0.1) is 11.0 Å². The van der Waals surface area contributed by atoms with Crippen LogP contribution in [0, 0.1) is 10.1 Å². The molecule has 180 valence electrons. The van der Waals surface area contributed by atoms with E-state index in [1.54, 1.807) is 12.1 Å². The highest BCUT2D eigenvalue weighted by molar-refractivity contribution is 6.01. The van der Waals surface area contributed by atoms with E-state index in [2.05, 4.69) is 6.92 Å². The summed E-state index contributed by atoms with van der Waals surface area (Å²) >= 11 is 0. The molecule has 7 heteroatoms. The van der Waals surface area contributed by atoms with Crippen LogP contribution in [0.1, 0.15) is 94.3 Å². The van der Waals surface area contributed by atoms with Crippen molar-refractivity contribution in [2.24, 2.45) is 5.73 Å². The minimum Gasteiger partial charge on any atom is -0.387 e. The van der Waals surface area contributed by atoms with Crippen LogP contribution in [0.15, 0.2) is 42.5 Å². The molecule has 0 aliphatic rings. The second-order valence-corrected chi connectivity index (χ2v) is 8.45. The van der Waals surface area contributed by atoms with E-state index in [0.29, 0.717) is 6.42 Å². The van der Waals surface area contributed by atoms with Crippen molar-refractivity contribution in [3.63, 3.8) is 0 Å². The molecule has 0 spiro atoms. The third-order valence-electron chi connectivity index (χ3n) is 5.79. The van der Waals surface area contributed by atoms with Crippen LogP contribution >= 0.6 is 0 Å². The molecule has 0 amide bonds. The second-order valence-electron chi connectivity index (χ2n) is 8.45. The van der Waals surface area contributed by atoms with E-state index in [1.807, 2.05) is 0 Å². The normalized spacial score (nSPS) is 15.4. The van der Waals surface area contributed by atoms with Crippen molar-refractivity contribution in [1.29, 1.82) is 0 Å². The van der Waals surface area contributed by atoms with Gasteiger partial charge >= 0.3 is 5.72 Å². The molecule has 32 heavy (non-hydrogen) atoms. The van der Waals surface area contributed by atoms with E-state index >= 15 is 0 Å². The number of unbranched alkanes of at least 4 members (excludes halogenated alkanes) is 11. The molecule has 4 N–H and O–H groups in total. The third kappa shape index (κ3) is 9.18. The Morgan fingerprint density at radius 3 is 2.03 bits per heavy atom. The summed E-state index contributed by atoms with van der Waals surface area (Å²) in [5.74, 6) is -1.14. The smallest absolute Gasteiger partial charge is 0.387 e. The van der Waals surface area contributed by atoms with Gasteiger partial charge in [0, 0.05) is 5.56 Å². The van der Waals surface area contributed by atoms with Gasteiger partial charge in [0.15, 0.2) is 0 Å². The molecule has 0 heterocycles. The standard InChI is InChI=1S/C25H40N2O5/c1-2-3-4-5-6-7-8-9-10-11-12-13-17-20-22(28)23(26)25(30,27(31)32)24(29)21-18-15-14-16-19-21/h14-20,22-23,28,30H,2-13,26H2,1H3/b20-17+/t22-,23-,25?/m1/s1. The quantitative estimate of drug-likeness (QED) is 0.0741. The number of ketones is 1. The summed E-state index contributed by atoms with van der Waals surface area (Å²) in [5, 5.41) is 32.2. The Morgan fingerprint density at radius 2 is 1.53 bits per heavy atom. The molecule has 0 aliphatic carbocycles. The van der Waals surface area contributed by atoms with Gasteiger partial charge in [0.2, 0.25) is 0 Å². The molecule has 0 aromatic heterocycles. The van der Waals surface area contributed by atoms with Crippen molar-refractivity contribution in [2.75, 3.05) is 0 Å². The summed E-state index contributed by atoms with van der Waals surface area (Å²) in [6.07, 6.45) is 15.8. The topological polar surface area (TPSA) is 127 Å². The number of aliphatic hydroxyl groups is 2. The van der Waals surface area contributed by atoms with Crippen molar-refractivity contribution in [3.05, 3.63) is 58.2 Å². The van der Waals surface area contributed by atoms with Crippen LogP contribution in [0.2, 0.25) is 0 Å². The first-order chi connectivity index (χ1) is 15.4. The number of Topliss-reactive ketones (excluding diaryl/α,β-unsaturated/α-hetero) is 1. The van der Waals surface area contributed by atoms with Gasteiger partial charge in [-0.25, -0.2) is 0 Å². The number of allylic oxidation sites excluding steroid dienone is 1. The summed E-state index contributed by atoms with van der Waals surface area (Å²) in [7, 11) is 0. The molecule has 1 aromatic carbocycles. The van der Waals surface area contributed by atoms with Gasteiger partial charge in [-0.3, -0.25) is 14.9 Å². The number of carbonyl (C=O) groups excluding carboxylic acids is 1. The summed E-state index contributed by atoms with van der Waals surface area (Å²) in [6, 6.07) is 5.63. The fourth-order valence-electron chi connectivity index (χ4n) is 3.68. The summed E-state index contributed by atoms with van der Waals surface area (Å²) in [4.78, 5) is 22.9. The number of benzene rings is 1. The number of rotatable bonds is 18. The number of hydrogen-bond donors (Lipinski definition) is 3. The van der Waals surface area contributed by atoms with Gasteiger partial charge in [0.1, 0.15) is 6.04 Å². The number of nitrogens with two attached hydrogens (primary N) is 1. The average molecular weight is 449 g/mol. The van der Waals surface area contributed by atoms with Gasteiger partial charge in [-0.15, -0.1) is 0 Å². The first kappa shape index (κ1) is 27.9. The second kappa shape index (κ2) is 15.7. The lowest BCUT2D eigenvalue weighted by Crippen LogP contribution is -2.63. The maximum absolute atomic E-state index is 12.5. The highest BCUT2D eigenvalue weighted by Crippen LogP contribution is 2.21. The lowest BCUT2D eigenvalue weighted by atomic mass is 9.91. The number of nitro groups is 1. The molecule has 3 atom stereocenters. The summed E-state index contributed by atoms with van der Waals surface area (Å²) in [6.45, 7) is 2.23. The summed E-state index contributed by atoms with van der Waals surface area (Å²) in [5.41, 5.74) is 2.62. The van der Waals surface area contributed by atoms with Crippen molar-refractivity contribution >= 4 is 5.78 Å². The molecule has 0 radical (unpaired) electrons. The van der Waals surface area contributed by atoms with Crippen LogP contribution in [-0.4, -0.2) is 38.8 Å². The Hall–Kier alpha value is -2.09. The maximum Gasteiger partial charge on any atom is 0.404 e. The lowest BCUT2D eigenvalue weighted by Gasteiger charge is -2.26. The molecule has 7 nitrogen and oxygen atoms in total. The largest absolute Gasteiger partial charge is 0.404 e. The molecule has 0 bridgehead atoms. The Balaban J connectivity index is 2.36. The van der Waals surface area contributed by atoms with Crippen LogP contribution in [0.5, 0.6) is 0 Å². The lowest BCUT2D eigenvalue weighted by molar-refractivity contribution is -0.606. The molecule has 0 saturated heterocycles.